The van der Waals surface area contributed by atoms with E-state index in [1.807, 2.05) is 6.92 Å². The number of halogens is 1. The van der Waals surface area contributed by atoms with Crippen LogP contribution in [0.25, 0.3) is 0 Å². The molecule has 76 valence electrons. The predicted octanol–water partition coefficient (Wildman–Crippen LogP) is 2.10. The highest BCUT2D eigenvalue weighted by atomic mass is 32.2. The molecular weight excluding hydrogens is 199 g/mol. The number of rotatable bonds is 3. The molecule has 1 aliphatic heterocycles. The average molecular weight is 210 g/mol. The van der Waals surface area contributed by atoms with E-state index in [-0.39, 0.29) is 12.0 Å². The van der Waals surface area contributed by atoms with Gasteiger partial charge in [-0.1, -0.05) is 6.92 Å². The Labute approximate surface area is 79.8 Å². The van der Waals surface area contributed by atoms with Crippen LogP contribution in [0.5, 0.6) is 0 Å². The van der Waals surface area contributed by atoms with Crippen LogP contribution in [0.2, 0.25) is 0 Å². The largest absolute Gasteiger partial charge is 0.545 e. The van der Waals surface area contributed by atoms with Gasteiger partial charge in [-0.3, -0.25) is 0 Å². The summed E-state index contributed by atoms with van der Waals surface area (Å²) in [7, 11) is 0. The second kappa shape index (κ2) is 5.29. The van der Waals surface area contributed by atoms with Crippen molar-refractivity contribution in [1.82, 2.24) is 0 Å². The summed E-state index contributed by atoms with van der Waals surface area (Å²) in [5, 5.41) is 0. The highest BCUT2D eigenvalue weighted by Gasteiger charge is 2.29. The normalized spacial score (nSPS) is 24.0. The second-order valence-corrected chi connectivity index (χ2v) is 3.53. The smallest absolute Gasteiger partial charge is 0.428 e. The van der Waals surface area contributed by atoms with Gasteiger partial charge in [0.05, 0.1) is 6.61 Å². The maximum Gasteiger partial charge on any atom is 0.545 e. The lowest BCUT2D eigenvalue weighted by atomic mass is 10.0. The SMILES string of the molecule is CCC(OC(=O)OF)C1COSC1. The third-order valence-electron chi connectivity index (χ3n) is 1.89. The molecule has 0 spiro atoms. The highest BCUT2D eigenvalue weighted by Crippen LogP contribution is 2.26. The molecule has 6 heteroatoms. The first-order valence-electron chi connectivity index (χ1n) is 4.01. The van der Waals surface area contributed by atoms with Crippen LogP contribution >= 0.6 is 12.0 Å². The molecule has 1 rings (SSSR count). The minimum absolute atomic E-state index is 0.133. The van der Waals surface area contributed by atoms with Crippen molar-refractivity contribution in [3.63, 3.8) is 0 Å². The molecule has 1 saturated heterocycles. The molecule has 1 heterocycles. The van der Waals surface area contributed by atoms with E-state index in [1.165, 1.54) is 12.0 Å². The Balaban J connectivity index is 2.37. The van der Waals surface area contributed by atoms with E-state index < -0.39 is 6.16 Å². The van der Waals surface area contributed by atoms with E-state index in [2.05, 4.69) is 4.94 Å². The second-order valence-electron chi connectivity index (χ2n) is 2.72. The van der Waals surface area contributed by atoms with E-state index in [0.717, 1.165) is 5.75 Å². The van der Waals surface area contributed by atoms with Gasteiger partial charge >= 0.3 is 6.16 Å². The van der Waals surface area contributed by atoms with Crippen molar-refractivity contribution in [3.8, 4) is 0 Å². The van der Waals surface area contributed by atoms with Crippen molar-refractivity contribution in [2.24, 2.45) is 5.92 Å². The minimum atomic E-state index is -1.27. The van der Waals surface area contributed by atoms with Gasteiger partial charge in [0.2, 0.25) is 0 Å². The summed E-state index contributed by atoms with van der Waals surface area (Å²) in [6.07, 6.45) is -0.967. The lowest BCUT2D eigenvalue weighted by Crippen LogP contribution is -2.27. The van der Waals surface area contributed by atoms with E-state index in [1.54, 1.807) is 0 Å². The zero-order chi connectivity index (χ0) is 9.68. The van der Waals surface area contributed by atoms with Crippen LogP contribution in [0.1, 0.15) is 13.3 Å². The fourth-order valence-electron chi connectivity index (χ4n) is 1.19. The number of carbonyl (C=O) groups excluding carboxylic acids is 1. The number of hydrogen-bond donors (Lipinski definition) is 0. The molecule has 0 aromatic heterocycles. The fourth-order valence-corrected chi connectivity index (χ4v) is 2.04. The zero-order valence-corrected chi connectivity index (χ0v) is 8.01. The van der Waals surface area contributed by atoms with Crippen molar-refractivity contribution in [2.45, 2.75) is 19.4 Å². The van der Waals surface area contributed by atoms with Crippen LogP contribution in [0.15, 0.2) is 0 Å². The Morgan fingerprint density at radius 1 is 1.85 bits per heavy atom. The van der Waals surface area contributed by atoms with Gasteiger partial charge in [0.1, 0.15) is 6.10 Å². The molecule has 0 aromatic carbocycles. The Bertz CT molecular complexity index is 172. The van der Waals surface area contributed by atoms with E-state index in [4.69, 9.17) is 8.92 Å². The van der Waals surface area contributed by atoms with Gasteiger partial charge in [0.25, 0.3) is 0 Å². The molecule has 0 aromatic rings. The van der Waals surface area contributed by atoms with Crippen molar-refractivity contribution in [2.75, 3.05) is 12.4 Å². The van der Waals surface area contributed by atoms with E-state index >= 15 is 0 Å². The molecule has 0 bridgehead atoms. The molecule has 0 saturated carbocycles. The van der Waals surface area contributed by atoms with Crippen molar-refractivity contribution >= 4 is 18.2 Å². The van der Waals surface area contributed by atoms with Crippen LogP contribution < -0.4 is 0 Å². The molecule has 1 fully saturated rings. The van der Waals surface area contributed by atoms with E-state index in [9.17, 15) is 9.32 Å². The molecule has 0 N–H and O–H groups in total. The molecule has 0 radical (unpaired) electrons. The van der Waals surface area contributed by atoms with Crippen molar-refractivity contribution < 1.29 is 23.2 Å². The van der Waals surface area contributed by atoms with Crippen LogP contribution in [-0.4, -0.2) is 24.6 Å². The zero-order valence-electron chi connectivity index (χ0n) is 7.20. The molecule has 4 nitrogen and oxygen atoms in total. The molecule has 1 aliphatic rings. The number of hydrogen-bond acceptors (Lipinski definition) is 5. The van der Waals surface area contributed by atoms with Gasteiger partial charge in [0.15, 0.2) is 0 Å². The Hall–Kier alpha value is -0.490. The summed E-state index contributed by atoms with van der Waals surface area (Å²) in [6.45, 7) is 2.39. The fraction of sp³-hybridized carbons (Fsp3) is 0.857. The van der Waals surface area contributed by atoms with Gasteiger partial charge < -0.3 is 8.92 Å². The van der Waals surface area contributed by atoms with Crippen LogP contribution in [0, 0.1) is 5.92 Å². The van der Waals surface area contributed by atoms with E-state index in [0.29, 0.717) is 13.0 Å². The monoisotopic (exact) mass is 210 g/mol. The third kappa shape index (κ3) is 3.04. The lowest BCUT2D eigenvalue weighted by Gasteiger charge is -2.18. The maximum atomic E-state index is 11.4. The Morgan fingerprint density at radius 3 is 3.08 bits per heavy atom. The molecule has 2 unspecified atom stereocenters. The standard InChI is InChI=1S/C7H11FO4S/c1-2-6(11-7(9)12-8)5-3-10-13-4-5/h5-6H,2-4H2,1H3. The van der Waals surface area contributed by atoms with Crippen LogP contribution in [0.4, 0.5) is 9.32 Å². The predicted molar refractivity (Wildman–Crippen MR) is 44.7 cm³/mol. The summed E-state index contributed by atoms with van der Waals surface area (Å²) >= 11 is 1.33. The molecule has 2 atom stereocenters. The minimum Gasteiger partial charge on any atom is -0.428 e. The molecular formula is C7H11FO4S. The Kier molecular flexibility index (Phi) is 4.31. The summed E-state index contributed by atoms with van der Waals surface area (Å²) in [4.78, 5) is 13.4. The number of carbonyl (C=O) groups is 1. The summed E-state index contributed by atoms with van der Waals surface area (Å²) in [5.74, 6) is 0.895. The van der Waals surface area contributed by atoms with Gasteiger partial charge in [-0.15, -0.1) is 0 Å². The maximum absolute atomic E-state index is 11.4. The quantitative estimate of drug-likeness (QED) is 0.527. The Morgan fingerprint density at radius 2 is 2.62 bits per heavy atom. The molecule has 0 aliphatic carbocycles. The van der Waals surface area contributed by atoms with Gasteiger partial charge in [-0.2, -0.15) is 0 Å². The first-order valence-corrected chi connectivity index (χ1v) is 4.92. The van der Waals surface area contributed by atoms with Gasteiger partial charge in [-0.05, 0) is 18.5 Å². The molecule has 13 heavy (non-hydrogen) atoms. The number of ether oxygens (including phenoxy) is 1. The van der Waals surface area contributed by atoms with Crippen molar-refractivity contribution in [3.05, 3.63) is 0 Å². The van der Waals surface area contributed by atoms with Crippen LogP contribution in [-0.2, 0) is 13.9 Å². The van der Waals surface area contributed by atoms with Crippen LogP contribution in [0.3, 0.4) is 0 Å². The van der Waals surface area contributed by atoms with Gasteiger partial charge in [0, 0.05) is 16.2 Å². The highest BCUT2D eigenvalue weighted by molar-refractivity contribution is 7.94. The first-order chi connectivity index (χ1) is 6.27. The third-order valence-corrected chi connectivity index (χ3v) is 2.75. The summed E-state index contributed by atoms with van der Waals surface area (Å²) < 4.78 is 21.1. The topological polar surface area (TPSA) is 44.8 Å². The molecule has 0 amide bonds. The first kappa shape index (κ1) is 10.6. The van der Waals surface area contributed by atoms with Gasteiger partial charge in [-0.25, -0.2) is 9.74 Å². The van der Waals surface area contributed by atoms with Crippen molar-refractivity contribution in [1.29, 1.82) is 0 Å². The average Bonchev–Trinajstić information content (AvgIpc) is 2.66. The summed E-state index contributed by atoms with van der Waals surface area (Å²) in [6, 6.07) is 0. The lowest BCUT2D eigenvalue weighted by molar-refractivity contribution is -0.116. The summed E-state index contributed by atoms with van der Waals surface area (Å²) in [5.41, 5.74) is 0.